The van der Waals surface area contributed by atoms with Crippen LogP contribution >= 0.6 is 0 Å². The first kappa shape index (κ1) is 14.0. The van der Waals surface area contributed by atoms with E-state index in [4.69, 9.17) is 0 Å². The van der Waals surface area contributed by atoms with Crippen molar-refractivity contribution in [2.24, 2.45) is 0 Å². The zero-order valence-electron chi connectivity index (χ0n) is 11.9. The van der Waals surface area contributed by atoms with Crippen LogP contribution in [-0.4, -0.2) is 52.8 Å². The summed E-state index contributed by atoms with van der Waals surface area (Å²) in [5.74, 6) is 0.791. The molecule has 19 heavy (non-hydrogen) atoms. The first-order chi connectivity index (χ1) is 9.11. The van der Waals surface area contributed by atoms with E-state index in [2.05, 4.69) is 27.6 Å². The van der Waals surface area contributed by atoms with Gasteiger partial charge in [-0.3, -0.25) is 9.69 Å². The summed E-state index contributed by atoms with van der Waals surface area (Å²) in [6.07, 6.45) is 1.71. The van der Waals surface area contributed by atoms with Gasteiger partial charge in [0.1, 0.15) is 5.82 Å². The summed E-state index contributed by atoms with van der Waals surface area (Å²) in [4.78, 5) is 14.3. The number of hydrogen-bond acceptors (Lipinski definition) is 4. The average Bonchev–Trinajstić information content (AvgIpc) is 2.73. The topological polar surface area (TPSA) is 62.2 Å². The lowest BCUT2D eigenvalue weighted by atomic mass is 10.1. The maximum absolute atomic E-state index is 12.1. The number of nitrogens with one attached hydrogen (secondary N) is 2. The fourth-order valence-corrected chi connectivity index (χ4v) is 2.22. The number of carbonyl (C=O) groups is 1. The van der Waals surface area contributed by atoms with E-state index in [0.717, 1.165) is 25.5 Å². The zero-order valence-corrected chi connectivity index (χ0v) is 11.9. The fourth-order valence-electron chi connectivity index (χ4n) is 2.22. The van der Waals surface area contributed by atoms with E-state index in [1.54, 1.807) is 6.20 Å². The normalized spacial score (nSPS) is 15.8. The summed E-state index contributed by atoms with van der Waals surface area (Å²) in [5, 5.41) is 10.4. The summed E-state index contributed by atoms with van der Waals surface area (Å²) < 4.78 is 1.82. The first-order valence-corrected chi connectivity index (χ1v) is 6.90. The Hall–Kier alpha value is -1.40. The summed E-state index contributed by atoms with van der Waals surface area (Å²) >= 11 is 0. The molecule has 1 aromatic heterocycles. The highest BCUT2D eigenvalue weighted by atomic mass is 16.2. The van der Waals surface area contributed by atoms with Crippen LogP contribution in [0.2, 0.25) is 0 Å². The largest absolute Gasteiger partial charge is 0.314 e. The molecule has 2 rings (SSSR count). The van der Waals surface area contributed by atoms with Crippen LogP contribution in [0.5, 0.6) is 0 Å². The maximum Gasteiger partial charge on any atom is 0.239 e. The van der Waals surface area contributed by atoms with E-state index in [9.17, 15) is 4.79 Å². The van der Waals surface area contributed by atoms with Gasteiger partial charge in [-0.05, 0) is 20.4 Å². The number of nitrogens with zero attached hydrogens (tertiary/aromatic N) is 3. The predicted molar refractivity (Wildman–Crippen MR) is 75.1 cm³/mol. The van der Waals surface area contributed by atoms with Gasteiger partial charge >= 0.3 is 0 Å². The highest BCUT2D eigenvalue weighted by Crippen LogP contribution is 2.13. The maximum atomic E-state index is 12.1. The first-order valence-electron chi connectivity index (χ1n) is 6.90. The molecule has 2 N–H and O–H groups in total. The molecule has 0 aliphatic carbocycles. The molecule has 6 heteroatoms. The van der Waals surface area contributed by atoms with E-state index >= 15 is 0 Å². The van der Waals surface area contributed by atoms with E-state index in [1.807, 2.05) is 24.6 Å². The van der Waals surface area contributed by atoms with Gasteiger partial charge in [0, 0.05) is 31.2 Å². The molecule has 1 saturated heterocycles. The van der Waals surface area contributed by atoms with Crippen molar-refractivity contribution in [2.45, 2.75) is 32.9 Å². The molecule has 6 nitrogen and oxygen atoms in total. The molecule has 0 spiro atoms. The lowest BCUT2D eigenvalue weighted by molar-refractivity contribution is -0.118. The third kappa shape index (κ3) is 3.33. The molecule has 0 atom stereocenters. The molecule has 1 aliphatic rings. The minimum Gasteiger partial charge on any atom is -0.314 e. The van der Waals surface area contributed by atoms with Crippen molar-refractivity contribution in [1.29, 1.82) is 0 Å². The molecule has 1 aliphatic heterocycles. The van der Waals surface area contributed by atoms with Crippen molar-refractivity contribution in [3.8, 4) is 0 Å². The second kappa shape index (κ2) is 6.16. The van der Waals surface area contributed by atoms with Crippen LogP contribution in [0, 0.1) is 0 Å². The van der Waals surface area contributed by atoms with Crippen LogP contribution in [0.4, 0.5) is 5.82 Å². The van der Waals surface area contributed by atoms with Gasteiger partial charge < -0.3 is 10.6 Å². The molecule has 1 amide bonds. The molecule has 0 bridgehead atoms. The molecule has 0 radical (unpaired) electrons. The highest BCUT2D eigenvalue weighted by molar-refractivity contribution is 5.91. The Balaban J connectivity index is 1.91. The predicted octanol–water partition coefficient (Wildman–Crippen LogP) is 0.696. The van der Waals surface area contributed by atoms with Crippen LogP contribution in [0.1, 0.15) is 26.8 Å². The minimum absolute atomic E-state index is 0.0242. The monoisotopic (exact) mass is 265 g/mol. The quantitative estimate of drug-likeness (QED) is 0.794. The molecule has 2 heterocycles. The Kier molecular flexibility index (Phi) is 4.55. The molecule has 1 fully saturated rings. The minimum atomic E-state index is 0.0242. The standard InChI is InChI=1S/C13H23N5O/c1-4-17(11-7-14-8-11)9-13(19)16-12-5-6-15-18(12)10(2)3/h5-6,10-11,14H,4,7-9H2,1-3H3,(H,16,19). The third-order valence-corrected chi connectivity index (χ3v) is 3.46. The average molecular weight is 265 g/mol. The summed E-state index contributed by atoms with van der Waals surface area (Å²) in [7, 11) is 0. The smallest absolute Gasteiger partial charge is 0.239 e. The number of anilines is 1. The summed E-state index contributed by atoms with van der Waals surface area (Å²) in [5.41, 5.74) is 0. The van der Waals surface area contributed by atoms with Crippen molar-refractivity contribution >= 4 is 11.7 Å². The number of aromatic nitrogens is 2. The van der Waals surface area contributed by atoms with Gasteiger partial charge in [0.25, 0.3) is 0 Å². The Morgan fingerprint density at radius 1 is 1.63 bits per heavy atom. The number of rotatable bonds is 6. The van der Waals surface area contributed by atoms with E-state index < -0.39 is 0 Å². The SMILES string of the molecule is CCN(CC(=O)Nc1ccnn1C(C)C)C1CNC1. The summed E-state index contributed by atoms with van der Waals surface area (Å²) in [6, 6.07) is 2.56. The lowest BCUT2D eigenvalue weighted by Gasteiger charge is -2.37. The molecular formula is C13H23N5O. The Bertz CT molecular complexity index is 424. The van der Waals surface area contributed by atoms with Crippen molar-refractivity contribution in [1.82, 2.24) is 20.0 Å². The van der Waals surface area contributed by atoms with Crippen LogP contribution in [0.3, 0.4) is 0 Å². The van der Waals surface area contributed by atoms with Crippen molar-refractivity contribution in [2.75, 3.05) is 31.5 Å². The van der Waals surface area contributed by atoms with E-state index in [1.165, 1.54) is 0 Å². The lowest BCUT2D eigenvalue weighted by Crippen LogP contribution is -2.58. The Labute approximate surface area is 114 Å². The highest BCUT2D eigenvalue weighted by Gasteiger charge is 2.25. The number of likely N-dealkylation sites (N-methyl/N-ethyl adjacent to an activating group) is 1. The second-order valence-electron chi connectivity index (χ2n) is 5.18. The second-order valence-corrected chi connectivity index (χ2v) is 5.18. The van der Waals surface area contributed by atoms with Gasteiger partial charge in [0.05, 0.1) is 12.7 Å². The fraction of sp³-hybridized carbons (Fsp3) is 0.692. The van der Waals surface area contributed by atoms with Crippen LogP contribution in [-0.2, 0) is 4.79 Å². The van der Waals surface area contributed by atoms with Crippen LogP contribution in [0.25, 0.3) is 0 Å². The van der Waals surface area contributed by atoms with Gasteiger partial charge in [-0.15, -0.1) is 0 Å². The molecule has 0 unspecified atom stereocenters. The molecular weight excluding hydrogens is 242 g/mol. The van der Waals surface area contributed by atoms with Crippen molar-refractivity contribution in [3.63, 3.8) is 0 Å². The van der Waals surface area contributed by atoms with Crippen LogP contribution in [0.15, 0.2) is 12.3 Å². The van der Waals surface area contributed by atoms with Crippen molar-refractivity contribution < 1.29 is 4.79 Å². The van der Waals surface area contributed by atoms with Gasteiger partial charge in [-0.1, -0.05) is 6.92 Å². The molecule has 0 saturated carbocycles. The molecule has 106 valence electrons. The van der Waals surface area contributed by atoms with Gasteiger partial charge in [0.2, 0.25) is 5.91 Å². The van der Waals surface area contributed by atoms with Gasteiger partial charge in [0.15, 0.2) is 0 Å². The number of hydrogen-bond donors (Lipinski definition) is 2. The summed E-state index contributed by atoms with van der Waals surface area (Å²) in [6.45, 7) is 9.46. The van der Waals surface area contributed by atoms with E-state index in [0.29, 0.717) is 12.6 Å². The van der Waals surface area contributed by atoms with Gasteiger partial charge in [-0.2, -0.15) is 5.10 Å². The Morgan fingerprint density at radius 3 is 2.89 bits per heavy atom. The Morgan fingerprint density at radius 2 is 2.37 bits per heavy atom. The van der Waals surface area contributed by atoms with Gasteiger partial charge in [-0.25, -0.2) is 4.68 Å². The number of amides is 1. The van der Waals surface area contributed by atoms with Crippen LogP contribution < -0.4 is 10.6 Å². The molecule has 1 aromatic rings. The zero-order chi connectivity index (χ0) is 13.8. The molecule has 0 aromatic carbocycles. The van der Waals surface area contributed by atoms with E-state index in [-0.39, 0.29) is 11.9 Å². The third-order valence-electron chi connectivity index (χ3n) is 3.46. The van der Waals surface area contributed by atoms with Crippen molar-refractivity contribution in [3.05, 3.63) is 12.3 Å². The number of carbonyl (C=O) groups excluding carboxylic acids is 1.